The molecule has 4 rings (SSSR count). The summed E-state index contributed by atoms with van der Waals surface area (Å²) in [5.41, 5.74) is 1.18. The highest BCUT2D eigenvalue weighted by Crippen LogP contribution is 2.29. The van der Waals surface area contributed by atoms with Gasteiger partial charge < -0.3 is 5.32 Å². The molecule has 0 aliphatic heterocycles. The van der Waals surface area contributed by atoms with Crippen LogP contribution in [0.25, 0.3) is 22.8 Å². The molecule has 8 heteroatoms. The zero-order valence-corrected chi connectivity index (χ0v) is 14.3. The lowest BCUT2D eigenvalue weighted by Gasteiger charge is -2.12. The number of nitrogens with zero attached hydrogens (tertiary/aromatic N) is 4. The van der Waals surface area contributed by atoms with Gasteiger partial charge in [-0.25, -0.2) is 18.2 Å². The predicted octanol–water partition coefficient (Wildman–Crippen LogP) is 4.76. The zero-order valence-electron chi connectivity index (χ0n) is 14.3. The molecule has 2 aromatic heterocycles. The summed E-state index contributed by atoms with van der Waals surface area (Å²) in [5, 5.41) is 11.0. The SMILES string of the molecule is Fc1ccc(Nc2nc(-c3ccccn3)nnc2-c2ccccc2)c(F)c1F. The van der Waals surface area contributed by atoms with Crippen molar-refractivity contribution in [1.29, 1.82) is 0 Å². The first kappa shape index (κ1) is 17.6. The highest BCUT2D eigenvalue weighted by Gasteiger charge is 2.18. The van der Waals surface area contributed by atoms with Gasteiger partial charge in [0.1, 0.15) is 11.4 Å². The smallest absolute Gasteiger partial charge is 0.202 e. The van der Waals surface area contributed by atoms with E-state index in [0.717, 1.165) is 12.1 Å². The fourth-order valence-corrected chi connectivity index (χ4v) is 2.56. The van der Waals surface area contributed by atoms with Gasteiger partial charge in [0.05, 0.1) is 5.69 Å². The fourth-order valence-electron chi connectivity index (χ4n) is 2.56. The first-order chi connectivity index (χ1) is 13.6. The maximum absolute atomic E-state index is 14.2. The third-order valence-corrected chi connectivity index (χ3v) is 3.92. The largest absolute Gasteiger partial charge is 0.336 e. The first-order valence-corrected chi connectivity index (χ1v) is 8.25. The normalized spacial score (nSPS) is 10.7. The third-order valence-electron chi connectivity index (χ3n) is 3.92. The van der Waals surface area contributed by atoms with E-state index < -0.39 is 17.5 Å². The van der Waals surface area contributed by atoms with E-state index in [2.05, 4.69) is 25.5 Å². The molecule has 0 amide bonds. The van der Waals surface area contributed by atoms with Gasteiger partial charge in [0, 0.05) is 11.8 Å². The molecule has 0 unspecified atom stereocenters. The van der Waals surface area contributed by atoms with E-state index in [9.17, 15) is 13.2 Å². The van der Waals surface area contributed by atoms with E-state index in [1.165, 1.54) is 0 Å². The second-order valence-corrected chi connectivity index (χ2v) is 5.76. The van der Waals surface area contributed by atoms with Gasteiger partial charge in [0.15, 0.2) is 23.3 Å². The quantitative estimate of drug-likeness (QED) is 0.518. The molecule has 0 aliphatic carbocycles. The molecule has 2 heterocycles. The highest BCUT2D eigenvalue weighted by molar-refractivity contribution is 5.76. The van der Waals surface area contributed by atoms with Crippen LogP contribution in [0.3, 0.4) is 0 Å². The predicted molar refractivity (Wildman–Crippen MR) is 98.1 cm³/mol. The summed E-state index contributed by atoms with van der Waals surface area (Å²) in [6.07, 6.45) is 1.58. The molecule has 0 fully saturated rings. The molecule has 4 aromatic rings. The van der Waals surface area contributed by atoms with Crippen LogP contribution in [-0.4, -0.2) is 20.2 Å². The molecule has 0 saturated carbocycles. The standard InChI is InChI=1S/C20H12F3N5/c21-13-9-10-14(17(23)16(13)22)25-20-18(12-6-2-1-3-7-12)27-28-19(26-20)15-8-4-5-11-24-15/h1-11H,(H,25,26,28). The molecule has 0 bridgehead atoms. The number of benzene rings is 2. The van der Waals surface area contributed by atoms with Crippen molar-refractivity contribution in [3.8, 4) is 22.8 Å². The minimum absolute atomic E-state index is 0.131. The Morgan fingerprint density at radius 1 is 0.750 bits per heavy atom. The number of nitrogens with one attached hydrogen (secondary N) is 1. The molecular formula is C20H12F3N5. The minimum atomic E-state index is -1.57. The van der Waals surface area contributed by atoms with Crippen LogP contribution in [0.2, 0.25) is 0 Å². The van der Waals surface area contributed by atoms with Crippen LogP contribution in [-0.2, 0) is 0 Å². The average Bonchev–Trinajstić information content (AvgIpc) is 2.75. The van der Waals surface area contributed by atoms with Crippen molar-refractivity contribution in [3.05, 3.63) is 84.3 Å². The molecule has 0 radical (unpaired) electrons. The first-order valence-electron chi connectivity index (χ1n) is 8.25. The van der Waals surface area contributed by atoms with Crippen LogP contribution in [0.4, 0.5) is 24.7 Å². The molecule has 0 saturated heterocycles. The van der Waals surface area contributed by atoms with Crippen molar-refractivity contribution < 1.29 is 13.2 Å². The lowest BCUT2D eigenvalue weighted by molar-refractivity contribution is 0.449. The Morgan fingerprint density at radius 3 is 2.29 bits per heavy atom. The summed E-state index contributed by atoms with van der Waals surface area (Å²) in [6, 6.07) is 16.1. The van der Waals surface area contributed by atoms with Gasteiger partial charge in [0.25, 0.3) is 0 Å². The summed E-state index contributed by atoms with van der Waals surface area (Å²) in [4.78, 5) is 8.54. The summed E-state index contributed by atoms with van der Waals surface area (Å²) in [7, 11) is 0. The average molecular weight is 379 g/mol. The van der Waals surface area contributed by atoms with Crippen LogP contribution in [0, 0.1) is 17.5 Å². The number of hydrogen-bond acceptors (Lipinski definition) is 5. The third kappa shape index (κ3) is 3.39. The molecule has 1 N–H and O–H groups in total. The number of halogens is 3. The molecule has 138 valence electrons. The van der Waals surface area contributed by atoms with E-state index in [-0.39, 0.29) is 17.3 Å². The molecule has 2 aromatic carbocycles. The summed E-state index contributed by atoms with van der Waals surface area (Å²) in [6.45, 7) is 0. The molecular weight excluding hydrogens is 367 g/mol. The second-order valence-electron chi connectivity index (χ2n) is 5.76. The van der Waals surface area contributed by atoms with Crippen molar-refractivity contribution in [2.45, 2.75) is 0 Å². The Balaban J connectivity index is 1.84. The van der Waals surface area contributed by atoms with Crippen molar-refractivity contribution in [1.82, 2.24) is 20.2 Å². The summed E-state index contributed by atoms with van der Waals surface area (Å²) in [5.74, 6) is -3.87. The molecule has 0 atom stereocenters. The van der Waals surface area contributed by atoms with Gasteiger partial charge in [-0.1, -0.05) is 36.4 Å². The highest BCUT2D eigenvalue weighted by atomic mass is 19.2. The van der Waals surface area contributed by atoms with Crippen LogP contribution in [0.5, 0.6) is 0 Å². The maximum atomic E-state index is 14.2. The van der Waals surface area contributed by atoms with E-state index in [0.29, 0.717) is 17.0 Å². The fraction of sp³-hybridized carbons (Fsp3) is 0. The van der Waals surface area contributed by atoms with Crippen LogP contribution >= 0.6 is 0 Å². The topological polar surface area (TPSA) is 63.6 Å². The zero-order chi connectivity index (χ0) is 19.5. The number of pyridine rings is 1. The van der Waals surface area contributed by atoms with Crippen molar-refractivity contribution in [2.75, 3.05) is 5.32 Å². The number of aromatic nitrogens is 4. The number of anilines is 2. The maximum Gasteiger partial charge on any atom is 0.202 e. The van der Waals surface area contributed by atoms with Gasteiger partial charge in [0.2, 0.25) is 5.82 Å². The van der Waals surface area contributed by atoms with Gasteiger partial charge in [-0.05, 0) is 24.3 Å². The summed E-state index contributed by atoms with van der Waals surface area (Å²) >= 11 is 0. The van der Waals surface area contributed by atoms with Crippen LogP contribution in [0.1, 0.15) is 0 Å². The Hall–Kier alpha value is -3.81. The Bertz CT molecular complexity index is 1120. The second kappa shape index (κ2) is 7.43. The lowest BCUT2D eigenvalue weighted by Crippen LogP contribution is -2.06. The number of rotatable bonds is 4. The van der Waals surface area contributed by atoms with E-state index in [1.807, 2.05) is 6.07 Å². The van der Waals surface area contributed by atoms with Gasteiger partial charge in [-0.3, -0.25) is 4.98 Å². The van der Waals surface area contributed by atoms with Gasteiger partial charge >= 0.3 is 0 Å². The molecule has 28 heavy (non-hydrogen) atoms. The van der Waals surface area contributed by atoms with Crippen LogP contribution in [0.15, 0.2) is 66.9 Å². The van der Waals surface area contributed by atoms with E-state index in [4.69, 9.17) is 0 Å². The Kier molecular flexibility index (Phi) is 4.67. The Morgan fingerprint density at radius 2 is 1.54 bits per heavy atom. The van der Waals surface area contributed by atoms with Gasteiger partial charge in [-0.2, -0.15) is 0 Å². The van der Waals surface area contributed by atoms with Crippen LogP contribution < -0.4 is 5.32 Å². The molecule has 0 aliphatic rings. The molecule has 0 spiro atoms. The summed E-state index contributed by atoms with van der Waals surface area (Å²) < 4.78 is 41.0. The van der Waals surface area contributed by atoms with Gasteiger partial charge in [-0.15, -0.1) is 10.2 Å². The van der Waals surface area contributed by atoms with Crippen molar-refractivity contribution in [3.63, 3.8) is 0 Å². The lowest BCUT2D eigenvalue weighted by atomic mass is 10.1. The Labute approximate surface area is 157 Å². The molecule has 5 nitrogen and oxygen atoms in total. The van der Waals surface area contributed by atoms with Crippen molar-refractivity contribution >= 4 is 11.5 Å². The van der Waals surface area contributed by atoms with E-state index >= 15 is 0 Å². The number of hydrogen-bond donors (Lipinski definition) is 1. The van der Waals surface area contributed by atoms with E-state index in [1.54, 1.807) is 48.7 Å². The van der Waals surface area contributed by atoms with Crippen molar-refractivity contribution in [2.24, 2.45) is 0 Å². The minimum Gasteiger partial charge on any atom is -0.336 e. The monoisotopic (exact) mass is 379 g/mol.